The Balaban J connectivity index is 1.99. The number of halogens is 1. The van der Waals surface area contributed by atoms with Crippen LogP contribution in [0.25, 0.3) is 22.9 Å². The molecule has 0 spiro atoms. The molecule has 0 amide bonds. The zero-order valence-electron chi connectivity index (χ0n) is 13.6. The summed E-state index contributed by atoms with van der Waals surface area (Å²) in [5, 5.41) is 21.9. The van der Waals surface area contributed by atoms with Gasteiger partial charge in [0, 0.05) is 28.7 Å². The Kier molecular flexibility index (Phi) is 4.72. The third-order valence-electron chi connectivity index (χ3n) is 3.98. The van der Waals surface area contributed by atoms with Gasteiger partial charge in [-0.1, -0.05) is 23.7 Å². The first-order chi connectivity index (χ1) is 12.0. The Labute approximate surface area is 154 Å². The van der Waals surface area contributed by atoms with Crippen LogP contribution in [0.15, 0.2) is 35.7 Å². The molecular formula is C19H13ClN4S. The second-order valence-electron chi connectivity index (χ2n) is 5.46. The highest BCUT2D eigenvalue weighted by atomic mass is 35.5. The van der Waals surface area contributed by atoms with Crippen LogP contribution < -0.4 is 0 Å². The van der Waals surface area contributed by atoms with Crippen LogP contribution in [0.5, 0.6) is 0 Å². The zero-order valence-corrected chi connectivity index (χ0v) is 15.2. The first kappa shape index (κ1) is 17.0. The van der Waals surface area contributed by atoms with Gasteiger partial charge >= 0.3 is 0 Å². The molecule has 2 heterocycles. The number of benzene rings is 1. The number of allylic oxidation sites excluding steroid dienone is 1. The van der Waals surface area contributed by atoms with Crippen molar-refractivity contribution in [2.75, 3.05) is 0 Å². The van der Waals surface area contributed by atoms with E-state index >= 15 is 0 Å². The Morgan fingerprint density at radius 2 is 2.00 bits per heavy atom. The molecule has 0 radical (unpaired) electrons. The maximum Gasteiger partial charge on any atom is 0.134 e. The summed E-state index contributed by atoms with van der Waals surface area (Å²) in [4.78, 5) is 4.57. The van der Waals surface area contributed by atoms with E-state index in [-0.39, 0.29) is 0 Å². The normalized spacial score (nSPS) is 11.2. The van der Waals surface area contributed by atoms with E-state index < -0.39 is 0 Å². The average molecular weight is 365 g/mol. The van der Waals surface area contributed by atoms with Crippen LogP contribution >= 0.6 is 22.9 Å². The first-order valence-electron chi connectivity index (χ1n) is 7.43. The highest BCUT2D eigenvalue weighted by molar-refractivity contribution is 7.11. The lowest BCUT2D eigenvalue weighted by Gasteiger charge is -1.99. The van der Waals surface area contributed by atoms with Gasteiger partial charge in [-0.05, 0) is 36.8 Å². The van der Waals surface area contributed by atoms with E-state index in [1.807, 2.05) is 48.2 Å². The van der Waals surface area contributed by atoms with Crippen LogP contribution in [0.3, 0.4) is 0 Å². The molecule has 0 aliphatic heterocycles. The Bertz CT molecular complexity index is 1040. The second-order valence-corrected chi connectivity index (χ2v) is 6.75. The van der Waals surface area contributed by atoms with E-state index in [2.05, 4.69) is 17.1 Å². The van der Waals surface area contributed by atoms with Crippen molar-refractivity contribution in [3.05, 3.63) is 62.7 Å². The van der Waals surface area contributed by atoms with Crippen molar-refractivity contribution in [2.45, 2.75) is 6.92 Å². The number of hydrogen-bond donors (Lipinski definition) is 0. The van der Waals surface area contributed by atoms with Gasteiger partial charge in [-0.15, -0.1) is 11.3 Å². The third-order valence-corrected chi connectivity index (χ3v) is 5.11. The lowest BCUT2D eigenvalue weighted by atomic mass is 10.1. The number of hydrogen-bond acceptors (Lipinski definition) is 4. The molecule has 0 aliphatic carbocycles. The average Bonchev–Trinajstić information content (AvgIpc) is 3.20. The summed E-state index contributed by atoms with van der Waals surface area (Å²) < 4.78 is 1.81. The highest BCUT2D eigenvalue weighted by Crippen LogP contribution is 2.28. The van der Waals surface area contributed by atoms with Gasteiger partial charge in [0.25, 0.3) is 0 Å². The summed E-state index contributed by atoms with van der Waals surface area (Å²) in [5.41, 5.74) is 4.57. The molecule has 2 aromatic heterocycles. The van der Waals surface area contributed by atoms with Crippen LogP contribution in [0.4, 0.5) is 0 Å². The summed E-state index contributed by atoms with van der Waals surface area (Å²) in [5.74, 6) is 0. The van der Waals surface area contributed by atoms with Gasteiger partial charge in [-0.3, -0.25) is 0 Å². The van der Waals surface area contributed by atoms with Gasteiger partial charge in [0.05, 0.1) is 11.3 Å². The molecule has 0 saturated carbocycles. The van der Waals surface area contributed by atoms with E-state index in [4.69, 9.17) is 16.9 Å². The second kappa shape index (κ2) is 6.94. The van der Waals surface area contributed by atoms with Crippen molar-refractivity contribution in [3.63, 3.8) is 0 Å². The van der Waals surface area contributed by atoms with Gasteiger partial charge in [-0.2, -0.15) is 10.5 Å². The molecule has 0 saturated heterocycles. The molecule has 3 aromatic rings. The minimum atomic E-state index is 0.475. The summed E-state index contributed by atoms with van der Waals surface area (Å²) in [6.07, 6.45) is 1.78. The number of aromatic nitrogens is 2. The molecule has 6 heteroatoms. The van der Waals surface area contributed by atoms with Gasteiger partial charge < -0.3 is 4.57 Å². The molecule has 1 aromatic carbocycles. The van der Waals surface area contributed by atoms with E-state index in [9.17, 15) is 5.26 Å². The molecular weight excluding hydrogens is 352 g/mol. The van der Waals surface area contributed by atoms with E-state index in [1.165, 1.54) is 11.3 Å². The molecule has 0 atom stereocenters. The fourth-order valence-electron chi connectivity index (χ4n) is 2.42. The summed E-state index contributed by atoms with van der Waals surface area (Å²) in [6.45, 7) is 1.92. The predicted octanol–water partition coefficient (Wildman–Crippen LogP) is 5.05. The molecule has 0 fully saturated rings. The largest absolute Gasteiger partial charge is 0.339 e. The standard InChI is InChI=1S/C19H13ClN4S/c1-12-14(8-17(10-22)24(12)2)7-15(9-21)19-23-18(11-25-19)13-3-5-16(20)6-4-13/h3-8,11H,1-2H3/b15-7+. The predicted molar refractivity (Wildman–Crippen MR) is 101 cm³/mol. The van der Waals surface area contributed by atoms with Gasteiger partial charge in [0.2, 0.25) is 0 Å². The maximum absolute atomic E-state index is 9.54. The van der Waals surface area contributed by atoms with Crippen LogP contribution in [-0.4, -0.2) is 9.55 Å². The fourth-order valence-corrected chi connectivity index (χ4v) is 3.34. The van der Waals surface area contributed by atoms with Crippen molar-refractivity contribution >= 4 is 34.6 Å². The quantitative estimate of drug-likeness (QED) is 0.611. The number of rotatable bonds is 3. The van der Waals surface area contributed by atoms with E-state index in [1.54, 1.807) is 12.1 Å². The van der Waals surface area contributed by atoms with Gasteiger partial charge in [0.15, 0.2) is 0 Å². The van der Waals surface area contributed by atoms with Crippen LogP contribution in [0, 0.1) is 29.6 Å². The number of thiazole rings is 1. The molecule has 122 valence electrons. The highest BCUT2D eigenvalue weighted by Gasteiger charge is 2.12. The Morgan fingerprint density at radius 1 is 1.28 bits per heavy atom. The molecule has 3 rings (SSSR count). The summed E-state index contributed by atoms with van der Waals surface area (Å²) in [7, 11) is 1.83. The van der Waals surface area contributed by atoms with Crippen LogP contribution in [0.1, 0.15) is 22.0 Å². The minimum Gasteiger partial charge on any atom is -0.339 e. The van der Waals surface area contributed by atoms with Crippen molar-refractivity contribution in [2.24, 2.45) is 7.05 Å². The monoisotopic (exact) mass is 364 g/mol. The first-order valence-corrected chi connectivity index (χ1v) is 8.69. The molecule has 0 N–H and O–H groups in total. The molecule has 4 nitrogen and oxygen atoms in total. The van der Waals surface area contributed by atoms with Crippen molar-refractivity contribution in [1.29, 1.82) is 10.5 Å². The number of nitriles is 2. The lowest BCUT2D eigenvalue weighted by molar-refractivity contribution is 0.865. The SMILES string of the molecule is Cc1c(/C=C(\C#N)c2nc(-c3ccc(Cl)cc3)cs2)cc(C#N)n1C. The number of nitrogens with zero attached hydrogens (tertiary/aromatic N) is 4. The zero-order chi connectivity index (χ0) is 18.0. The smallest absolute Gasteiger partial charge is 0.134 e. The van der Waals surface area contributed by atoms with E-state index in [0.717, 1.165) is 22.5 Å². The van der Waals surface area contributed by atoms with Crippen molar-refractivity contribution < 1.29 is 0 Å². The summed E-state index contributed by atoms with van der Waals surface area (Å²) in [6, 6.07) is 13.6. The molecule has 0 aliphatic rings. The molecule has 0 bridgehead atoms. The topological polar surface area (TPSA) is 65.4 Å². The fraction of sp³-hybridized carbons (Fsp3) is 0.105. The maximum atomic E-state index is 9.54. The molecule has 0 unspecified atom stereocenters. The van der Waals surface area contributed by atoms with Gasteiger partial charge in [0.1, 0.15) is 22.8 Å². The van der Waals surface area contributed by atoms with Crippen LogP contribution in [-0.2, 0) is 7.05 Å². The van der Waals surface area contributed by atoms with Crippen molar-refractivity contribution in [3.8, 4) is 23.4 Å². The summed E-state index contributed by atoms with van der Waals surface area (Å²) >= 11 is 7.33. The third kappa shape index (κ3) is 3.34. The lowest BCUT2D eigenvalue weighted by Crippen LogP contribution is -1.93. The Hall–Kier alpha value is -2.86. The molecule has 25 heavy (non-hydrogen) atoms. The van der Waals surface area contributed by atoms with Gasteiger partial charge in [-0.25, -0.2) is 4.98 Å². The van der Waals surface area contributed by atoms with Crippen LogP contribution in [0.2, 0.25) is 5.02 Å². The Morgan fingerprint density at radius 3 is 2.60 bits per heavy atom. The minimum absolute atomic E-state index is 0.475. The van der Waals surface area contributed by atoms with E-state index in [0.29, 0.717) is 21.3 Å². The van der Waals surface area contributed by atoms with Crippen molar-refractivity contribution in [1.82, 2.24) is 9.55 Å².